The lowest BCUT2D eigenvalue weighted by molar-refractivity contribution is -0.144. The maximum atomic E-state index is 13.2. The number of aromatic nitrogens is 2. The zero-order valence-electron chi connectivity index (χ0n) is 13.2. The van der Waals surface area contributed by atoms with Crippen molar-refractivity contribution in [3.8, 4) is 0 Å². The lowest BCUT2D eigenvalue weighted by Crippen LogP contribution is -2.44. The fourth-order valence-electron chi connectivity index (χ4n) is 2.88. The third kappa shape index (κ3) is 3.78. The number of halogens is 3. The van der Waals surface area contributed by atoms with Crippen LogP contribution in [-0.4, -0.2) is 53.4 Å². The number of pyridine rings is 1. The minimum atomic E-state index is -4.55. The van der Waals surface area contributed by atoms with Gasteiger partial charge in [0.1, 0.15) is 11.3 Å². The Morgan fingerprint density at radius 2 is 1.92 bits per heavy atom. The zero-order valence-corrected chi connectivity index (χ0v) is 14.0. The second-order valence-corrected chi connectivity index (χ2v) is 8.18. The minimum Gasteiger partial charge on any atom is -0.341 e. The predicted octanol–water partition coefficient (Wildman–Crippen LogP) is 1.70. The molecule has 10 heteroatoms. The molecule has 3 rings (SSSR count). The van der Waals surface area contributed by atoms with E-state index in [4.69, 9.17) is 0 Å². The molecular weight excluding hydrogens is 359 g/mol. The van der Waals surface area contributed by atoms with Gasteiger partial charge in [-0.1, -0.05) is 0 Å². The first-order valence-electron chi connectivity index (χ1n) is 7.67. The summed E-state index contributed by atoms with van der Waals surface area (Å²) in [7, 11) is -3.12. The summed E-state index contributed by atoms with van der Waals surface area (Å²) < 4.78 is 63.5. The number of alkyl halides is 3. The second-order valence-electron chi connectivity index (χ2n) is 5.88. The summed E-state index contributed by atoms with van der Waals surface area (Å²) >= 11 is 0. The number of hydrogen-bond acceptors (Lipinski definition) is 4. The molecule has 1 aliphatic heterocycles. The van der Waals surface area contributed by atoms with Gasteiger partial charge in [0.25, 0.3) is 0 Å². The summed E-state index contributed by atoms with van der Waals surface area (Å²) in [5.74, 6) is -0.582. The smallest absolute Gasteiger partial charge is 0.341 e. The SMILES string of the molecule is O=C(CCn1c(C(F)(F)F)cc2cccnc21)N1CCS(=O)(=O)CC1. The van der Waals surface area contributed by atoms with Crippen molar-refractivity contribution in [1.29, 1.82) is 0 Å². The number of carbonyl (C=O) groups is 1. The summed E-state index contributed by atoms with van der Waals surface area (Å²) in [6, 6.07) is 4.10. The van der Waals surface area contributed by atoms with E-state index in [2.05, 4.69) is 4.98 Å². The van der Waals surface area contributed by atoms with E-state index in [-0.39, 0.29) is 49.1 Å². The molecule has 0 unspecified atom stereocenters. The van der Waals surface area contributed by atoms with Gasteiger partial charge in [-0.25, -0.2) is 13.4 Å². The van der Waals surface area contributed by atoms with Crippen LogP contribution in [0.2, 0.25) is 0 Å². The lowest BCUT2D eigenvalue weighted by atomic mass is 10.3. The molecule has 3 heterocycles. The first-order chi connectivity index (χ1) is 11.7. The van der Waals surface area contributed by atoms with Crippen LogP contribution in [0.5, 0.6) is 0 Å². The highest BCUT2D eigenvalue weighted by atomic mass is 32.2. The van der Waals surface area contributed by atoms with Crippen LogP contribution < -0.4 is 0 Å². The number of nitrogens with zero attached hydrogens (tertiary/aromatic N) is 3. The Balaban J connectivity index is 1.78. The van der Waals surface area contributed by atoms with Crippen molar-refractivity contribution in [3.05, 3.63) is 30.1 Å². The predicted molar refractivity (Wildman–Crippen MR) is 84.6 cm³/mol. The zero-order chi connectivity index (χ0) is 18.2. The molecule has 1 fully saturated rings. The van der Waals surface area contributed by atoms with Crippen LogP contribution in [0.4, 0.5) is 13.2 Å². The highest BCUT2D eigenvalue weighted by Gasteiger charge is 2.36. The van der Waals surface area contributed by atoms with Crippen LogP contribution in [0.25, 0.3) is 11.0 Å². The minimum absolute atomic E-state index is 0.0813. The van der Waals surface area contributed by atoms with Crippen LogP contribution in [0.15, 0.2) is 24.4 Å². The molecule has 0 spiro atoms. The van der Waals surface area contributed by atoms with Crippen molar-refractivity contribution in [2.75, 3.05) is 24.6 Å². The number of amides is 1. The third-order valence-corrected chi connectivity index (χ3v) is 5.80. The molecule has 0 atom stereocenters. The molecule has 136 valence electrons. The van der Waals surface area contributed by atoms with Crippen molar-refractivity contribution >= 4 is 26.8 Å². The Morgan fingerprint density at radius 3 is 2.56 bits per heavy atom. The van der Waals surface area contributed by atoms with E-state index in [1.54, 1.807) is 6.07 Å². The summed E-state index contributed by atoms with van der Waals surface area (Å²) in [5, 5.41) is 0.353. The van der Waals surface area contributed by atoms with Gasteiger partial charge in [-0.15, -0.1) is 0 Å². The Kier molecular flexibility index (Phi) is 4.48. The van der Waals surface area contributed by atoms with Crippen LogP contribution >= 0.6 is 0 Å². The Labute approximate surface area is 142 Å². The standard InChI is InChI=1S/C15H16F3N3O3S/c16-15(17,18)12-10-11-2-1-4-19-14(11)21(12)5-3-13(22)20-6-8-25(23,24)9-7-20/h1-2,4,10H,3,5-9H2. The number of rotatable bonds is 3. The average molecular weight is 375 g/mol. The Hall–Kier alpha value is -2.10. The molecule has 25 heavy (non-hydrogen) atoms. The van der Waals surface area contributed by atoms with E-state index in [0.717, 1.165) is 10.6 Å². The fourth-order valence-corrected chi connectivity index (χ4v) is 4.08. The van der Waals surface area contributed by atoms with E-state index in [9.17, 15) is 26.4 Å². The summed E-state index contributed by atoms with van der Waals surface area (Å²) in [6.45, 7) is -0.00657. The molecular formula is C15H16F3N3O3S. The maximum Gasteiger partial charge on any atom is 0.431 e. The van der Waals surface area contributed by atoms with Crippen LogP contribution in [-0.2, 0) is 27.4 Å². The molecule has 0 saturated carbocycles. The first-order valence-corrected chi connectivity index (χ1v) is 9.49. The topological polar surface area (TPSA) is 72.3 Å². The molecule has 0 aromatic carbocycles. The number of carbonyl (C=O) groups excluding carboxylic acids is 1. The Bertz CT molecular complexity index is 892. The van der Waals surface area contributed by atoms with Crippen molar-refractivity contribution < 1.29 is 26.4 Å². The molecule has 0 aliphatic carbocycles. The molecule has 0 bridgehead atoms. The van der Waals surface area contributed by atoms with Gasteiger partial charge in [-0.3, -0.25) is 4.79 Å². The van der Waals surface area contributed by atoms with E-state index >= 15 is 0 Å². The lowest BCUT2D eigenvalue weighted by Gasteiger charge is -2.27. The highest BCUT2D eigenvalue weighted by molar-refractivity contribution is 7.91. The fraction of sp³-hybridized carbons (Fsp3) is 0.467. The van der Waals surface area contributed by atoms with E-state index < -0.39 is 21.7 Å². The summed E-state index contributed by atoms with van der Waals surface area (Å²) in [6.07, 6.45) is -3.30. The highest BCUT2D eigenvalue weighted by Crippen LogP contribution is 2.33. The molecule has 1 saturated heterocycles. The number of aryl methyl sites for hydroxylation is 1. The van der Waals surface area contributed by atoms with Gasteiger partial charge >= 0.3 is 6.18 Å². The number of fused-ring (bicyclic) bond motifs is 1. The van der Waals surface area contributed by atoms with E-state index in [0.29, 0.717) is 5.39 Å². The second kappa shape index (κ2) is 6.32. The monoisotopic (exact) mass is 375 g/mol. The molecule has 2 aromatic rings. The van der Waals surface area contributed by atoms with Crippen molar-refractivity contribution in [1.82, 2.24) is 14.5 Å². The molecule has 6 nitrogen and oxygen atoms in total. The number of hydrogen-bond donors (Lipinski definition) is 0. The molecule has 2 aromatic heterocycles. The van der Waals surface area contributed by atoms with Crippen molar-refractivity contribution in [3.63, 3.8) is 0 Å². The number of sulfone groups is 1. The van der Waals surface area contributed by atoms with Gasteiger partial charge in [0.15, 0.2) is 9.84 Å². The average Bonchev–Trinajstić information content (AvgIpc) is 2.91. The molecule has 0 N–H and O–H groups in total. The van der Waals surface area contributed by atoms with E-state index in [1.165, 1.54) is 17.2 Å². The summed E-state index contributed by atoms with van der Waals surface area (Å²) in [4.78, 5) is 17.6. The summed E-state index contributed by atoms with van der Waals surface area (Å²) in [5.41, 5.74) is -0.681. The van der Waals surface area contributed by atoms with Crippen LogP contribution in [0, 0.1) is 0 Å². The first kappa shape index (κ1) is 17.7. The quantitative estimate of drug-likeness (QED) is 0.819. The molecule has 0 radical (unpaired) electrons. The van der Waals surface area contributed by atoms with Gasteiger partial charge in [0.05, 0.1) is 11.5 Å². The van der Waals surface area contributed by atoms with E-state index in [1.807, 2.05) is 0 Å². The maximum absolute atomic E-state index is 13.2. The van der Waals surface area contributed by atoms with Crippen molar-refractivity contribution in [2.45, 2.75) is 19.1 Å². The van der Waals surface area contributed by atoms with Crippen LogP contribution in [0.3, 0.4) is 0 Å². The van der Waals surface area contributed by atoms with Gasteiger partial charge in [0, 0.05) is 37.6 Å². The third-order valence-electron chi connectivity index (χ3n) is 4.19. The van der Waals surface area contributed by atoms with Crippen LogP contribution in [0.1, 0.15) is 12.1 Å². The van der Waals surface area contributed by atoms with Gasteiger partial charge in [0.2, 0.25) is 5.91 Å². The van der Waals surface area contributed by atoms with Crippen molar-refractivity contribution in [2.24, 2.45) is 0 Å². The normalized spacial score (nSPS) is 17.8. The van der Waals surface area contributed by atoms with Gasteiger partial charge < -0.3 is 9.47 Å². The van der Waals surface area contributed by atoms with Gasteiger partial charge in [-0.05, 0) is 18.2 Å². The molecule has 1 amide bonds. The largest absolute Gasteiger partial charge is 0.431 e. The molecule has 1 aliphatic rings. The van der Waals surface area contributed by atoms with Gasteiger partial charge in [-0.2, -0.15) is 13.2 Å². The Morgan fingerprint density at radius 1 is 1.24 bits per heavy atom.